The highest BCUT2D eigenvalue weighted by Gasteiger charge is 2.13. The highest BCUT2D eigenvalue weighted by Crippen LogP contribution is 2.17. The Balaban J connectivity index is 0.00000450. The number of halogens is 1. The Morgan fingerprint density at radius 1 is 1.17 bits per heavy atom. The van der Waals surface area contributed by atoms with Crippen molar-refractivity contribution in [1.82, 2.24) is 10.2 Å². The van der Waals surface area contributed by atoms with Crippen LogP contribution < -0.4 is 14.8 Å². The van der Waals surface area contributed by atoms with Crippen LogP contribution in [0.2, 0.25) is 0 Å². The van der Waals surface area contributed by atoms with E-state index in [1.165, 1.54) is 0 Å². The largest absolute Gasteiger partial charge is 0.497 e. The van der Waals surface area contributed by atoms with Gasteiger partial charge in [0.1, 0.15) is 18.1 Å². The van der Waals surface area contributed by atoms with Gasteiger partial charge in [-0.05, 0) is 56.4 Å². The third-order valence-corrected chi connectivity index (χ3v) is 4.85. The molecule has 1 aromatic rings. The van der Waals surface area contributed by atoms with Crippen molar-refractivity contribution in [3.63, 3.8) is 0 Å². The van der Waals surface area contributed by atoms with Gasteiger partial charge in [-0.1, -0.05) is 0 Å². The number of ether oxygens (including phenoxy) is 4. The monoisotopic (exact) mass is 535 g/mol. The number of nitrogens with zero attached hydrogens (tertiary/aromatic N) is 2. The van der Waals surface area contributed by atoms with Gasteiger partial charge in [-0.15, -0.1) is 24.0 Å². The minimum absolute atomic E-state index is 0. The number of benzene rings is 1. The fourth-order valence-electron chi connectivity index (χ4n) is 3.06. The SMILES string of the molecule is CCNC(=NCCCOCC1CCOCC1)N(C)CCOc1ccc(OC)cc1.I. The Morgan fingerprint density at radius 3 is 2.53 bits per heavy atom. The fourth-order valence-corrected chi connectivity index (χ4v) is 3.06. The minimum Gasteiger partial charge on any atom is -0.497 e. The molecule has 1 N–H and O–H groups in total. The molecule has 1 heterocycles. The molecule has 1 aliphatic heterocycles. The molecule has 1 saturated heterocycles. The van der Waals surface area contributed by atoms with Crippen molar-refractivity contribution in [3.8, 4) is 11.5 Å². The van der Waals surface area contributed by atoms with Crippen LogP contribution in [0.15, 0.2) is 29.3 Å². The van der Waals surface area contributed by atoms with Crippen LogP contribution in [0.3, 0.4) is 0 Å². The standard InChI is InChI=1S/C22H37N3O4.HI/c1-4-23-22(24-12-5-14-28-18-19-10-15-27-16-11-19)25(2)13-17-29-21-8-6-20(26-3)7-9-21;/h6-9,19H,4-5,10-18H2,1-3H3,(H,23,24);1H. The molecule has 0 radical (unpaired) electrons. The van der Waals surface area contributed by atoms with Crippen LogP contribution in [-0.2, 0) is 9.47 Å². The van der Waals surface area contributed by atoms with E-state index in [4.69, 9.17) is 23.9 Å². The smallest absolute Gasteiger partial charge is 0.193 e. The predicted molar refractivity (Wildman–Crippen MR) is 131 cm³/mol. The van der Waals surface area contributed by atoms with Gasteiger partial charge in [-0.25, -0.2) is 0 Å². The molecule has 1 aromatic carbocycles. The number of guanidine groups is 1. The summed E-state index contributed by atoms with van der Waals surface area (Å²) in [6, 6.07) is 7.63. The molecule has 0 spiro atoms. The molecule has 8 heteroatoms. The van der Waals surface area contributed by atoms with Crippen LogP contribution in [0.5, 0.6) is 11.5 Å². The van der Waals surface area contributed by atoms with Gasteiger partial charge in [0.05, 0.1) is 13.7 Å². The van der Waals surface area contributed by atoms with Crippen LogP contribution >= 0.6 is 24.0 Å². The van der Waals surface area contributed by atoms with Gasteiger partial charge in [0.15, 0.2) is 5.96 Å². The van der Waals surface area contributed by atoms with Crippen molar-refractivity contribution < 1.29 is 18.9 Å². The van der Waals surface area contributed by atoms with Crippen molar-refractivity contribution in [2.45, 2.75) is 26.2 Å². The van der Waals surface area contributed by atoms with E-state index >= 15 is 0 Å². The Morgan fingerprint density at radius 2 is 1.87 bits per heavy atom. The second-order valence-corrected chi connectivity index (χ2v) is 7.17. The van der Waals surface area contributed by atoms with E-state index in [-0.39, 0.29) is 24.0 Å². The molecule has 2 rings (SSSR count). The molecule has 0 aliphatic carbocycles. The summed E-state index contributed by atoms with van der Waals surface area (Å²) < 4.78 is 22.2. The van der Waals surface area contributed by atoms with E-state index in [0.29, 0.717) is 12.5 Å². The topological polar surface area (TPSA) is 64.6 Å². The van der Waals surface area contributed by atoms with Gasteiger partial charge < -0.3 is 29.2 Å². The van der Waals surface area contributed by atoms with Crippen molar-refractivity contribution in [1.29, 1.82) is 0 Å². The molecule has 0 aromatic heterocycles. The molecule has 7 nitrogen and oxygen atoms in total. The fraction of sp³-hybridized carbons (Fsp3) is 0.682. The zero-order valence-electron chi connectivity index (χ0n) is 18.6. The average molecular weight is 535 g/mol. The van der Waals surface area contributed by atoms with Gasteiger partial charge in [0.25, 0.3) is 0 Å². The van der Waals surface area contributed by atoms with Gasteiger partial charge in [0.2, 0.25) is 0 Å². The predicted octanol–water partition coefficient (Wildman–Crippen LogP) is 3.42. The minimum atomic E-state index is 0. The first-order valence-electron chi connectivity index (χ1n) is 10.6. The lowest BCUT2D eigenvalue weighted by Gasteiger charge is -2.22. The number of aliphatic imine (C=N–C) groups is 1. The summed E-state index contributed by atoms with van der Waals surface area (Å²) >= 11 is 0. The highest BCUT2D eigenvalue weighted by atomic mass is 127. The van der Waals surface area contributed by atoms with Crippen molar-refractivity contribution in [3.05, 3.63) is 24.3 Å². The maximum atomic E-state index is 5.82. The van der Waals surface area contributed by atoms with Crippen molar-refractivity contribution >= 4 is 29.9 Å². The van der Waals surface area contributed by atoms with E-state index in [0.717, 1.165) is 82.8 Å². The van der Waals surface area contributed by atoms with Crippen LogP contribution in [0.25, 0.3) is 0 Å². The number of nitrogens with one attached hydrogen (secondary N) is 1. The number of methoxy groups -OCH3 is 1. The van der Waals surface area contributed by atoms with Crippen LogP contribution in [-0.4, -0.2) is 77.7 Å². The second kappa shape index (κ2) is 16.4. The highest BCUT2D eigenvalue weighted by molar-refractivity contribution is 14.0. The first-order chi connectivity index (χ1) is 14.2. The quantitative estimate of drug-likeness (QED) is 0.192. The van der Waals surface area contributed by atoms with Gasteiger partial charge >= 0.3 is 0 Å². The molecule has 0 saturated carbocycles. The molecule has 172 valence electrons. The molecule has 0 atom stereocenters. The van der Waals surface area contributed by atoms with Crippen molar-refractivity contribution in [2.24, 2.45) is 10.9 Å². The molecular weight excluding hydrogens is 497 g/mol. The number of hydrogen-bond acceptors (Lipinski definition) is 5. The molecular formula is C22H38IN3O4. The van der Waals surface area contributed by atoms with Gasteiger partial charge in [-0.3, -0.25) is 4.99 Å². The summed E-state index contributed by atoms with van der Waals surface area (Å²) in [6.07, 6.45) is 3.16. The summed E-state index contributed by atoms with van der Waals surface area (Å²) in [5.74, 6) is 3.22. The third-order valence-electron chi connectivity index (χ3n) is 4.85. The first-order valence-corrected chi connectivity index (χ1v) is 10.6. The first kappa shape index (κ1) is 26.8. The number of rotatable bonds is 12. The van der Waals surface area contributed by atoms with E-state index < -0.39 is 0 Å². The van der Waals surface area contributed by atoms with E-state index in [2.05, 4.69) is 17.1 Å². The molecule has 0 amide bonds. The molecule has 1 aliphatic rings. The maximum absolute atomic E-state index is 5.82. The Hall–Kier alpha value is -1.26. The Bertz CT molecular complexity index is 580. The van der Waals surface area contributed by atoms with E-state index in [1.807, 2.05) is 31.3 Å². The molecule has 0 bridgehead atoms. The van der Waals surface area contributed by atoms with E-state index in [9.17, 15) is 0 Å². The van der Waals surface area contributed by atoms with Crippen LogP contribution in [0.4, 0.5) is 0 Å². The van der Waals surface area contributed by atoms with Crippen LogP contribution in [0, 0.1) is 5.92 Å². The van der Waals surface area contributed by atoms with Crippen LogP contribution in [0.1, 0.15) is 26.2 Å². The summed E-state index contributed by atoms with van der Waals surface area (Å²) in [7, 11) is 3.69. The number of likely N-dealkylation sites (N-methyl/N-ethyl adjacent to an activating group) is 1. The third kappa shape index (κ3) is 10.7. The zero-order chi connectivity index (χ0) is 20.7. The summed E-state index contributed by atoms with van der Waals surface area (Å²) in [6.45, 7) is 8.34. The Kier molecular flexibility index (Phi) is 14.7. The zero-order valence-corrected chi connectivity index (χ0v) is 20.9. The number of hydrogen-bond donors (Lipinski definition) is 1. The van der Waals surface area contributed by atoms with Gasteiger partial charge in [-0.2, -0.15) is 0 Å². The van der Waals surface area contributed by atoms with Crippen molar-refractivity contribution in [2.75, 3.05) is 66.8 Å². The summed E-state index contributed by atoms with van der Waals surface area (Å²) in [5, 5.41) is 3.34. The van der Waals surface area contributed by atoms with E-state index in [1.54, 1.807) is 7.11 Å². The van der Waals surface area contributed by atoms with Gasteiger partial charge in [0, 0.05) is 46.6 Å². The molecule has 0 unspecified atom stereocenters. The lowest BCUT2D eigenvalue weighted by molar-refractivity contribution is 0.0205. The Labute approximate surface area is 198 Å². The summed E-state index contributed by atoms with van der Waals surface area (Å²) in [4.78, 5) is 6.80. The lowest BCUT2D eigenvalue weighted by atomic mass is 10.0. The normalized spacial score (nSPS) is 14.7. The lowest BCUT2D eigenvalue weighted by Crippen LogP contribution is -2.41. The molecule has 1 fully saturated rings. The maximum Gasteiger partial charge on any atom is 0.193 e. The summed E-state index contributed by atoms with van der Waals surface area (Å²) in [5.41, 5.74) is 0. The second-order valence-electron chi connectivity index (χ2n) is 7.17. The molecule has 30 heavy (non-hydrogen) atoms. The average Bonchev–Trinajstić information content (AvgIpc) is 2.76.